The van der Waals surface area contributed by atoms with Crippen LogP contribution < -0.4 is 5.73 Å². The highest BCUT2D eigenvalue weighted by molar-refractivity contribution is 7.13. The molecular formula is C35H34N4O2S. The first-order chi connectivity index (χ1) is 20.4. The molecule has 212 valence electrons. The second-order valence-corrected chi connectivity index (χ2v) is 11.2. The molecule has 7 heteroatoms. The summed E-state index contributed by atoms with van der Waals surface area (Å²) in [6.07, 6.45) is 0. The summed E-state index contributed by atoms with van der Waals surface area (Å²) >= 11 is 1.38. The fourth-order valence-electron chi connectivity index (χ4n) is 5.03. The van der Waals surface area contributed by atoms with Crippen molar-refractivity contribution in [1.29, 1.82) is 0 Å². The van der Waals surface area contributed by atoms with Gasteiger partial charge in [-0.3, -0.25) is 9.59 Å². The number of nitrogens with two attached hydrogens (primary N) is 1. The van der Waals surface area contributed by atoms with Crippen molar-refractivity contribution in [3.05, 3.63) is 143 Å². The number of carbonyl (C=O) groups is 2. The van der Waals surface area contributed by atoms with Crippen LogP contribution >= 0.6 is 11.3 Å². The normalized spacial score (nSPS) is 12.3. The highest BCUT2D eigenvalue weighted by atomic mass is 32.1. The molecule has 42 heavy (non-hydrogen) atoms. The first-order valence-electron chi connectivity index (χ1n) is 14.0. The van der Waals surface area contributed by atoms with Crippen molar-refractivity contribution in [2.75, 3.05) is 12.3 Å². The number of hydrogen-bond acceptors (Lipinski definition) is 5. The summed E-state index contributed by atoms with van der Waals surface area (Å²) in [4.78, 5) is 36.2. The van der Waals surface area contributed by atoms with E-state index in [0.29, 0.717) is 17.2 Å². The molecule has 5 aromatic rings. The molecule has 0 fully saturated rings. The molecule has 2 amide bonds. The summed E-state index contributed by atoms with van der Waals surface area (Å²) in [6.45, 7) is 4.37. The molecule has 0 spiro atoms. The predicted octanol–water partition coefficient (Wildman–Crippen LogP) is 7.39. The minimum absolute atomic E-state index is 0.0662. The van der Waals surface area contributed by atoms with Crippen LogP contribution in [-0.4, -0.2) is 33.1 Å². The molecule has 0 aliphatic carbocycles. The lowest BCUT2D eigenvalue weighted by molar-refractivity contribution is -0.135. The molecule has 1 aromatic heterocycles. The van der Waals surface area contributed by atoms with Gasteiger partial charge in [-0.05, 0) is 42.7 Å². The smallest absolute Gasteiger partial charge is 0.254 e. The third-order valence-corrected chi connectivity index (χ3v) is 8.20. The molecule has 0 unspecified atom stereocenters. The predicted molar refractivity (Wildman–Crippen MR) is 170 cm³/mol. The molecule has 0 aliphatic rings. The highest BCUT2D eigenvalue weighted by Crippen LogP contribution is 2.28. The van der Waals surface area contributed by atoms with Gasteiger partial charge in [0.05, 0.1) is 17.8 Å². The Kier molecular flexibility index (Phi) is 9.09. The topological polar surface area (TPSA) is 79.5 Å². The number of hydrogen-bond donors (Lipinski definition) is 1. The average Bonchev–Trinajstić information content (AvgIpc) is 3.49. The number of carbonyl (C=O) groups excluding carboxylic acids is 2. The van der Waals surface area contributed by atoms with Crippen molar-refractivity contribution < 1.29 is 9.59 Å². The third-order valence-electron chi connectivity index (χ3n) is 7.53. The average molecular weight is 575 g/mol. The van der Waals surface area contributed by atoms with E-state index in [1.165, 1.54) is 11.3 Å². The Hall–Kier alpha value is -4.75. The van der Waals surface area contributed by atoms with Crippen LogP contribution in [0.2, 0.25) is 0 Å². The van der Waals surface area contributed by atoms with Crippen molar-refractivity contribution in [3.63, 3.8) is 0 Å². The molecule has 0 bridgehead atoms. The Morgan fingerprint density at radius 2 is 1.26 bits per heavy atom. The first kappa shape index (κ1) is 28.8. The van der Waals surface area contributed by atoms with Gasteiger partial charge in [-0.25, -0.2) is 4.98 Å². The van der Waals surface area contributed by atoms with E-state index in [9.17, 15) is 9.59 Å². The van der Waals surface area contributed by atoms with E-state index in [4.69, 9.17) is 5.73 Å². The quantitative estimate of drug-likeness (QED) is 0.189. The number of benzene rings is 4. The van der Waals surface area contributed by atoms with Crippen molar-refractivity contribution in [3.8, 4) is 11.3 Å². The maximum absolute atomic E-state index is 14.2. The van der Waals surface area contributed by atoms with E-state index in [-0.39, 0.29) is 30.4 Å². The van der Waals surface area contributed by atoms with E-state index < -0.39 is 0 Å². The highest BCUT2D eigenvalue weighted by Gasteiger charge is 2.29. The van der Waals surface area contributed by atoms with Gasteiger partial charge in [-0.15, -0.1) is 11.3 Å². The number of rotatable bonds is 10. The van der Waals surface area contributed by atoms with Crippen LogP contribution in [0.15, 0.2) is 121 Å². The van der Waals surface area contributed by atoms with Crippen LogP contribution in [-0.2, 0) is 11.3 Å². The second kappa shape index (κ2) is 13.3. The lowest BCUT2D eigenvalue weighted by Crippen LogP contribution is -2.44. The molecule has 6 nitrogen and oxygen atoms in total. The van der Waals surface area contributed by atoms with Crippen LogP contribution in [0.4, 0.5) is 5.13 Å². The molecule has 0 radical (unpaired) electrons. The van der Waals surface area contributed by atoms with Crippen molar-refractivity contribution >= 4 is 28.3 Å². The lowest BCUT2D eigenvalue weighted by atomic mass is 10.0. The Morgan fingerprint density at radius 3 is 1.79 bits per heavy atom. The van der Waals surface area contributed by atoms with E-state index in [1.807, 2.05) is 127 Å². The molecule has 5 rings (SSSR count). The molecule has 2 atom stereocenters. The Balaban J connectivity index is 1.46. The number of amides is 2. The Bertz CT molecular complexity index is 1610. The zero-order chi connectivity index (χ0) is 29.5. The Labute approximate surface area is 251 Å². The molecule has 0 aliphatic heterocycles. The van der Waals surface area contributed by atoms with E-state index in [1.54, 1.807) is 17.0 Å². The fourth-order valence-corrected chi connectivity index (χ4v) is 5.61. The summed E-state index contributed by atoms with van der Waals surface area (Å²) in [7, 11) is 0. The minimum atomic E-state index is -0.328. The van der Waals surface area contributed by atoms with Crippen molar-refractivity contribution in [2.24, 2.45) is 0 Å². The van der Waals surface area contributed by atoms with Crippen LogP contribution in [0.5, 0.6) is 0 Å². The fraction of sp³-hybridized carbons (Fsp3) is 0.171. The monoisotopic (exact) mass is 574 g/mol. The molecule has 4 aromatic carbocycles. The third kappa shape index (κ3) is 6.75. The van der Waals surface area contributed by atoms with Crippen LogP contribution in [0, 0.1) is 0 Å². The summed E-state index contributed by atoms with van der Waals surface area (Å²) in [6, 6.07) is 36.6. The largest absolute Gasteiger partial charge is 0.375 e. The van der Waals surface area contributed by atoms with Crippen LogP contribution in [0.3, 0.4) is 0 Å². The van der Waals surface area contributed by atoms with Crippen LogP contribution in [0.1, 0.15) is 53.0 Å². The molecule has 0 saturated carbocycles. The van der Waals surface area contributed by atoms with Gasteiger partial charge in [0.25, 0.3) is 5.91 Å². The standard InChI is InChI=1S/C35H34N4O2S/c1-25(28-14-8-4-9-15-28)38(22-27-12-6-3-7-13-27)33(40)23-39(26(2)29-16-10-5-11-17-29)34(41)31-20-18-30(19-21-31)32-24-42-35(36)37-32/h3-21,24-26H,22-23H2,1-2H3,(H2,36,37)/t25-,26+/m0/s1. The number of anilines is 1. The number of nitrogen functional groups attached to an aromatic ring is 1. The summed E-state index contributed by atoms with van der Waals surface area (Å²) in [5, 5.41) is 2.39. The molecular weight excluding hydrogens is 540 g/mol. The van der Waals surface area contributed by atoms with Crippen LogP contribution in [0.25, 0.3) is 11.3 Å². The Morgan fingerprint density at radius 1 is 0.738 bits per heavy atom. The van der Waals surface area contributed by atoms with Gasteiger partial charge in [0, 0.05) is 23.1 Å². The zero-order valence-corrected chi connectivity index (χ0v) is 24.6. The molecule has 1 heterocycles. The first-order valence-corrected chi connectivity index (χ1v) is 14.8. The number of thiazole rings is 1. The maximum Gasteiger partial charge on any atom is 0.254 e. The van der Waals surface area contributed by atoms with Gasteiger partial charge in [0.2, 0.25) is 5.91 Å². The molecule has 2 N–H and O–H groups in total. The van der Waals surface area contributed by atoms with E-state index >= 15 is 0 Å². The summed E-state index contributed by atoms with van der Waals surface area (Å²) < 4.78 is 0. The van der Waals surface area contributed by atoms with Gasteiger partial charge >= 0.3 is 0 Å². The maximum atomic E-state index is 14.2. The van der Waals surface area contributed by atoms with E-state index in [0.717, 1.165) is 27.9 Å². The molecule has 0 saturated heterocycles. The SMILES string of the molecule is C[C@H](c1ccccc1)N(CC(=O)N(Cc1ccccc1)[C@@H](C)c1ccccc1)C(=O)c1ccc(-c2csc(N)n2)cc1. The van der Waals surface area contributed by atoms with Crippen molar-refractivity contribution in [2.45, 2.75) is 32.5 Å². The minimum Gasteiger partial charge on any atom is -0.375 e. The van der Waals surface area contributed by atoms with Gasteiger partial charge in [0.1, 0.15) is 6.54 Å². The van der Waals surface area contributed by atoms with Gasteiger partial charge < -0.3 is 15.5 Å². The lowest BCUT2D eigenvalue weighted by Gasteiger charge is -2.35. The summed E-state index contributed by atoms with van der Waals surface area (Å²) in [5.41, 5.74) is 11.0. The van der Waals surface area contributed by atoms with Gasteiger partial charge in [0.15, 0.2) is 5.13 Å². The number of aromatic nitrogens is 1. The van der Waals surface area contributed by atoms with Crippen molar-refractivity contribution in [1.82, 2.24) is 14.8 Å². The van der Waals surface area contributed by atoms with E-state index in [2.05, 4.69) is 4.98 Å². The second-order valence-electron chi connectivity index (χ2n) is 10.3. The van der Waals surface area contributed by atoms with Gasteiger partial charge in [-0.2, -0.15) is 0 Å². The van der Waals surface area contributed by atoms with Gasteiger partial charge in [-0.1, -0.05) is 103 Å². The summed E-state index contributed by atoms with van der Waals surface area (Å²) in [5.74, 6) is -0.336. The number of nitrogens with zero attached hydrogens (tertiary/aromatic N) is 3. The zero-order valence-electron chi connectivity index (χ0n) is 23.8.